The molecular formula is C20H38O4. The van der Waals surface area contributed by atoms with Crippen LogP contribution in [0.1, 0.15) is 91.9 Å². The van der Waals surface area contributed by atoms with E-state index in [4.69, 9.17) is 14.2 Å². The number of esters is 1. The Balaban J connectivity index is 1.86. The highest BCUT2D eigenvalue weighted by molar-refractivity contribution is 5.69. The quantitative estimate of drug-likeness (QED) is 0.339. The van der Waals surface area contributed by atoms with Crippen molar-refractivity contribution in [3.63, 3.8) is 0 Å². The molecule has 1 saturated heterocycles. The van der Waals surface area contributed by atoms with Crippen molar-refractivity contribution in [1.29, 1.82) is 0 Å². The van der Waals surface area contributed by atoms with E-state index in [1.807, 2.05) is 13.8 Å². The van der Waals surface area contributed by atoms with Crippen molar-refractivity contribution in [3.05, 3.63) is 0 Å². The van der Waals surface area contributed by atoms with Crippen LogP contribution in [-0.4, -0.2) is 31.1 Å². The van der Waals surface area contributed by atoms with Gasteiger partial charge in [0.05, 0.1) is 6.61 Å². The Labute approximate surface area is 148 Å². The highest BCUT2D eigenvalue weighted by Gasteiger charge is 2.33. The minimum Gasteiger partial charge on any atom is -0.463 e. The summed E-state index contributed by atoms with van der Waals surface area (Å²) >= 11 is 0. The summed E-state index contributed by atoms with van der Waals surface area (Å²) in [4.78, 5) is 11.7. The first kappa shape index (κ1) is 21.4. The van der Waals surface area contributed by atoms with Gasteiger partial charge in [0, 0.05) is 6.42 Å². The Kier molecular flexibility index (Phi) is 10.6. The standard InChI is InChI=1S/C20H38O4/c1-5-17(2)13-11-9-7-6-8-10-12-14-19(21)22-15-18-16-23-20(3,4)24-18/h17-18H,5-16H2,1-4H3. The molecule has 0 aromatic rings. The van der Waals surface area contributed by atoms with Gasteiger partial charge >= 0.3 is 5.97 Å². The van der Waals surface area contributed by atoms with Crippen LogP contribution >= 0.6 is 0 Å². The number of carbonyl (C=O) groups is 1. The lowest BCUT2D eigenvalue weighted by Crippen LogP contribution is -2.25. The molecule has 1 fully saturated rings. The highest BCUT2D eigenvalue weighted by Crippen LogP contribution is 2.22. The number of unbranched alkanes of at least 4 members (excludes halogenated alkanes) is 6. The molecule has 0 bridgehead atoms. The number of rotatable bonds is 13. The van der Waals surface area contributed by atoms with Crippen LogP contribution in [0.25, 0.3) is 0 Å². The molecule has 0 amide bonds. The maximum Gasteiger partial charge on any atom is 0.305 e. The molecule has 1 aliphatic heterocycles. The predicted molar refractivity (Wildman–Crippen MR) is 96.9 cm³/mol. The molecule has 2 atom stereocenters. The lowest BCUT2D eigenvalue weighted by Gasteiger charge is -2.16. The second kappa shape index (κ2) is 11.9. The molecule has 0 saturated carbocycles. The highest BCUT2D eigenvalue weighted by atomic mass is 16.7. The predicted octanol–water partition coefficient (Wildman–Crippen LogP) is 5.24. The zero-order chi connectivity index (χ0) is 17.8. The van der Waals surface area contributed by atoms with Crippen molar-refractivity contribution in [2.75, 3.05) is 13.2 Å². The monoisotopic (exact) mass is 342 g/mol. The Bertz CT molecular complexity index is 341. The van der Waals surface area contributed by atoms with E-state index < -0.39 is 5.79 Å². The van der Waals surface area contributed by atoms with E-state index >= 15 is 0 Å². The molecule has 1 heterocycles. The van der Waals surface area contributed by atoms with Crippen molar-refractivity contribution in [1.82, 2.24) is 0 Å². The van der Waals surface area contributed by atoms with E-state index in [9.17, 15) is 4.79 Å². The third-order valence-corrected chi connectivity index (χ3v) is 4.77. The lowest BCUT2D eigenvalue weighted by atomic mass is 10.00. The van der Waals surface area contributed by atoms with E-state index in [1.54, 1.807) is 0 Å². The maximum absolute atomic E-state index is 11.7. The Morgan fingerprint density at radius 3 is 2.33 bits per heavy atom. The topological polar surface area (TPSA) is 44.8 Å². The summed E-state index contributed by atoms with van der Waals surface area (Å²) in [5, 5.41) is 0. The fourth-order valence-electron chi connectivity index (χ4n) is 2.95. The number of hydrogen-bond acceptors (Lipinski definition) is 4. The molecule has 1 rings (SSSR count). The van der Waals surface area contributed by atoms with Gasteiger partial charge in [-0.25, -0.2) is 0 Å². The van der Waals surface area contributed by atoms with Crippen LogP contribution in [0, 0.1) is 5.92 Å². The number of hydrogen-bond donors (Lipinski definition) is 0. The largest absolute Gasteiger partial charge is 0.463 e. The van der Waals surface area contributed by atoms with E-state index in [0.29, 0.717) is 19.6 Å². The molecule has 0 aromatic carbocycles. The van der Waals surface area contributed by atoms with Crippen molar-refractivity contribution >= 4 is 5.97 Å². The van der Waals surface area contributed by atoms with Crippen molar-refractivity contribution < 1.29 is 19.0 Å². The van der Waals surface area contributed by atoms with Crippen LogP contribution in [-0.2, 0) is 19.0 Å². The molecule has 0 aliphatic carbocycles. The third kappa shape index (κ3) is 10.3. The molecule has 0 aromatic heterocycles. The van der Waals surface area contributed by atoms with Gasteiger partial charge in [0.15, 0.2) is 5.79 Å². The molecule has 2 unspecified atom stereocenters. The van der Waals surface area contributed by atoms with Crippen molar-refractivity contribution in [2.24, 2.45) is 5.92 Å². The average molecular weight is 343 g/mol. The zero-order valence-electron chi connectivity index (χ0n) is 16.3. The number of ether oxygens (including phenoxy) is 3. The smallest absolute Gasteiger partial charge is 0.305 e. The Hall–Kier alpha value is -0.610. The summed E-state index contributed by atoms with van der Waals surface area (Å²) in [6, 6.07) is 0. The van der Waals surface area contributed by atoms with E-state index in [2.05, 4.69) is 13.8 Å². The zero-order valence-corrected chi connectivity index (χ0v) is 16.3. The van der Waals surface area contributed by atoms with Gasteiger partial charge in [-0.05, 0) is 26.2 Å². The summed E-state index contributed by atoms with van der Waals surface area (Å²) in [5.41, 5.74) is 0. The van der Waals surface area contributed by atoms with E-state index in [-0.39, 0.29) is 12.1 Å². The van der Waals surface area contributed by atoms with Crippen molar-refractivity contribution in [2.45, 2.75) is 104 Å². The van der Waals surface area contributed by atoms with Gasteiger partial charge in [0.2, 0.25) is 0 Å². The van der Waals surface area contributed by atoms with Crippen molar-refractivity contribution in [3.8, 4) is 0 Å². The minimum absolute atomic E-state index is 0.114. The fraction of sp³-hybridized carbons (Fsp3) is 0.950. The van der Waals surface area contributed by atoms with Gasteiger partial charge in [-0.15, -0.1) is 0 Å². The van der Waals surface area contributed by atoms with Gasteiger partial charge in [-0.3, -0.25) is 4.79 Å². The van der Waals surface area contributed by atoms with Gasteiger partial charge in [-0.1, -0.05) is 65.2 Å². The first-order chi connectivity index (χ1) is 11.4. The van der Waals surface area contributed by atoms with Gasteiger partial charge in [-0.2, -0.15) is 0 Å². The normalized spacial score (nSPS) is 20.9. The lowest BCUT2D eigenvalue weighted by molar-refractivity contribution is -0.158. The molecule has 4 heteroatoms. The third-order valence-electron chi connectivity index (χ3n) is 4.77. The van der Waals surface area contributed by atoms with Crippen LogP contribution in [0.4, 0.5) is 0 Å². The molecule has 24 heavy (non-hydrogen) atoms. The summed E-state index contributed by atoms with van der Waals surface area (Å²) in [7, 11) is 0. The summed E-state index contributed by atoms with van der Waals surface area (Å²) in [5.74, 6) is 0.214. The van der Waals surface area contributed by atoms with Crippen LogP contribution in [0.2, 0.25) is 0 Å². The molecule has 142 valence electrons. The second-order valence-electron chi connectivity index (χ2n) is 7.66. The van der Waals surface area contributed by atoms with Crippen LogP contribution in [0.3, 0.4) is 0 Å². The van der Waals surface area contributed by atoms with Crippen LogP contribution in [0.15, 0.2) is 0 Å². The molecule has 4 nitrogen and oxygen atoms in total. The summed E-state index contributed by atoms with van der Waals surface area (Å²) in [6.45, 7) is 9.16. The van der Waals surface area contributed by atoms with Gasteiger partial charge in [0.1, 0.15) is 12.7 Å². The fourth-order valence-corrected chi connectivity index (χ4v) is 2.95. The van der Waals surface area contributed by atoms with Gasteiger partial charge < -0.3 is 14.2 Å². The average Bonchev–Trinajstić information content (AvgIpc) is 2.90. The molecule has 1 aliphatic rings. The summed E-state index contributed by atoms with van der Waals surface area (Å²) in [6.07, 6.45) is 11.7. The van der Waals surface area contributed by atoms with E-state index in [1.165, 1.54) is 44.9 Å². The SMILES string of the molecule is CCC(C)CCCCCCCCCC(=O)OCC1COC(C)(C)O1. The van der Waals surface area contributed by atoms with Gasteiger partial charge in [0.25, 0.3) is 0 Å². The minimum atomic E-state index is -0.550. The van der Waals surface area contributed by atoms with Crippen LogP contribution < -0.4 is 0 Å². The summed E-state index contributed by atoms with van der Waals surface area (Å²) < 4.78 is 16.3. The van der Waals surface area contributed by atoms with E-state index in [0.717, 1.165) is 18.8 Å². The molecule has 0 spiro atoms. The Morgan fingerprint density at radius 1 is 1.12 bits per heavy atom. The second-order valence-corrected chi connectivity index (χ2v) is 7.66. The molecule has 0 radical (unpaired) electrons. The Morgan fingerprint density at radius 2 is 1.75 bits per heavy atom. The molecule has 0 N–H and O–H groups in total. The molecular weight excluding hydrogens is 304 g/mol. The van der Waals surface area contributed by atoms with Crippen LogP contribution in [0.5, 0.6) is 0 Å². The first-order valence-electron chi connectivity index (χ1n) is 9.90. The maximum atomic E-state index is 11.7. The number of carbonyl (C=O) groups excluding carboxylic acids is 1. The first-order valence-corrected chi connectivity index (χ1v) is 9.90.